The summed E-state index contributed by atoms with van der Waals surface area (Å²) >= 11 is 1.81. The van der Waals surface area contributed by atoms with Crippen molar-refractivity contribution in [3.63, 3.8) is 0 Å². The quantitative estimate of drug-likeness (QED) is 0.0537. The highest BCUT2D eigenvalue weighted by molar-refractivity contribution is 7.98. The molecule has 0 saturated heterocycles. The number of hydrogen-bond donors (Lipinski definition) is 17. The van der Waals surface area contributed by atoms with Crippen LogP contribution in [0.1, 0.15) is 121 Å². The van der Waals surface area contributed by atoms with Crippen LogP contribution in [0, 0.1) is 11.8 Å². The third kappa shape index (κ3) is 40.2. The maximum atomic E-state index is 5.82. The monoisotopic (exact) mass is 1140 g/mol. The van der Waals surface area contributed by atoms with Gasteiger partial charge >= 0.3 is 0 Å². The zero-order valence-electron chi connectivity index (χ0n) is 50.5. The number of H-pyrrole nitrogens is 1. The van der Waals surface area contributed by atoms with Gasteiger partial charge in [0.1, 0.15) is 0 Å². The minimum atomic E-state index is -0.104. The van der Waals surface area contributed by atoms with Crippen molar-refractivity contribution in [2.24, 2.45) is 97.8 Å². The van der Waals surface area contributed by atoms with E-state index in [9.17, 15) is 0 Å². The number of benzene rings is 3. The number of rotatable bonds is 22. The summed E-state index contributed by atoms with van der Waals surface area (Å²) in [4.78, 5) is 3.22. The fraction of sp³-hybridized carbons (Fsp3) is 0.672. The van der Waals surface area contributed by atoms with Gasteiger partial charge in [0.25, 0.3) is 0 Å². The van der Waals surface area contributed by atoms with Gasteiger partial charge < -0.3 is 101 Å². The van der Waals surface area contributed by atoms with E-state index in [0.717, 1.165) is 81.1 Å². The lowest BCUT2D eigenvalue weighted by atomic mass is 9.85. The van der Waals surface area contributed by atoms with Gasteiger partial charge in [-0.1, -0.05) is 118 Å². The standard InChI is InChI=1S/C11H15N3.C10H14N2.C9H20N2.C9H14N2.C7H18N2O.C5H14N2S.C5H12N2.C5H14N2/c12-6-9(13)5-8-7-14-11-4-2-1-3-10(8)11;11-6-10-5-8-3-1-2-4-9(8)7-12-10;2*10-7-9(11)6-8-4-2-1-3-5-8;1-7(2,3)10-5-6(9)4-8;1-8-3-2-5(7)4-6;6-3-5(7)4-1-2-4;1-2-3-5(7)4-6/h1-4,7,9,14H,5-6,12-13H2;1-4,10,12H,5-7,11H2;8-9H,1-7,10-11H2;1-5,9H,6-7,10-11H2;6H,4-5,8-9H2,1-3H3;5H,2-4,6-7H2,1H3;4-5H,1-3,6-7H2;5H,2-4,6-7H2,1H3/t9-;10-;2*9-;6-;3*5-/m11110101/s1. The summed E-state index contributed by atoms with van der Waals surface area (Å²) in [5.41, 5.74) is 88.8. The van der Waals surface area contributed by atoms with E-state index < -0.39 is 0 Å². The molecule has 462 valence electrons. The summed E-state index contributed by atoms with van der Waals surface area (Å²) in [6.07, 6.45) is 20.9. The summed E-state index contributed by atoms with van der Waals surface area (Å²) in [7, 11) is 0. The molecule has 80 heavy (non-hydrogen) atoms. The Balaban J connectivity index is 0.000000902. The number of nitrogens with one attached hydrogen (secondary N) is 2. The summed E-state index contributed by atoms with van der Waals surface area (Å²) < 4.78 is 5.38. The number of para-hydroxylation sites is 1. The number of aromatic amines is 1. The van der Waals surface area contributed by atoms with E-state index in [2.05, 4.69) is 72.0 Å². The molecule has 3 aromatic carbocycles. The number of nitrogens with two attached hydrogens (primary N) is 15. The minimum absolute atomic E-state index is 0.0285. The Morgan fingerprint density at radius 3 is 1.62 bits per heavy atom. The molecule has 2 fully saturated rings. The fourth-order valence-corrected chi connectivity index (χ4v) is 8.86. The molecule has 19 heteroatoms. The first-order valence-electron chi connectivity index (χ1n) is 29.7. The van der Waals surface area contributed by atoms with Gasteiger partial charge in [-0.25, -0.2) is 0 Å². The van der Waals surface area contributed by atoms with Crippen LogP contribution in [0.3, 0.4) is 0 Å². The molecule has 0 radical (unpaired) electrons. The molecule has 0 bridgehead atoms. The highest BCUT2D eigenvalue weighted by Crippen LogP contribution is 2.31. The Morgan fingerprint density at radius 2 is 1.12 bits per heavy atom. The van der Waals surface area contributed by atoms with Crippen LogP contribution in [-0.4, -0.2) is 130 Å². The molecule has 3 aliphatic rings. The molecule has 32 N–H and O–H groups in total. The van der Waals surface area contributed by atoms with E-state index in [4.69, 9.17) is 90.7 Å². The number of aromatic nitrogens is 1. The van der Waals surface area contributed by atoms with Gasteiger partial charge in [-0.15, -0.1) is 0 Å². The molecule has 2 saturated carbocycles. The van der Waals surface area contributed by atoms with Crippen molar-refractivity contribution in [1.29, 1.82) is 0 Å². The Morgan fingerprint density at radius 1 is 0.588 bits per heavy atom. The zero-order valence-corrected chi connectivity index (χ0v) is 51.3. The number of ether oxygens (including phenoxy) is 1. The topological polar surface area (TPSA) is 427 Å². The lowest BCUT2D eigenvalue weighted by Gasteiger charge is -2.24. The van der Waals surface area contributed by atoms with Crippen LogP contribution in [0.15, 0.2) is 85.1 Å². The van der Waals surface area contributed by atoms with Crippen LogP contribution in [0.25, 0.3) is 10.9 Å². The second-order valence-electron chi connectivity index (χ2n) is 22.5. The predicted molar refractivity (Wildman–Crippen MR) is 349 cm³/mol. The van der Waals surface area contributed by atoms with Crippen molar-refractivity contribution in [3.05, 3.63) is 107 Å². The highest BCUT2D eigenvalue weighted by atomic mass is 32.2. The molecule has 18 nitrogen and oxygen atoms in total. The van der Waals surface area contributed by atoms with Gasteiger partial charge in [-0.3, -0.25) is 0 Å². The van der Waals surface area contributed by atoms with Crippen LogP contribution in [-0.2, 0) is 30.5 Å². The Hall–Kier alpha value is -3.13. The average Bonchev–Trinajstić information content (AvgIpc) is 4.27. The van der Waals surface area contributed by atoms with E-state index in [1.165, 1.54) is 72.6 Å². The van der Waals surface area contributed by atoms with Crippen LogP contribution < -0.4 is 91.3 Å². The largest absolute Gasteiger partial charge is 0.374 e. The first-order valence-corrected chi connectivity index (χ1v) is 31.1. The molecule has 2 aliphatic carbocycles. The Labute approximate surface area is 489 Å². The SMILES string of the molecule is CC(C)(C)OC[C@@H](N)CN.CCC[C@@H](N)CN.CSCC[C@@H](N)CN.NC[C@H](N)C1CC1.NC[C@H](N)CC1CCCCC1.NC[C@H](N)Cc1c[nH]c2ccccc12.NC[C@H](N)Cc1ccccc1.NC[C@H]1Cc2ccccc2CN1. The molecule has 7 rings (SSSR count). The van der Waals surface area contributed by atoms with Crippen molar-refractivity contribution in [2.45, 2.75) is 178 Å². The molecule has 8 atom stereocenters. The fourth-order valence-electron chi connectivity index (χ4n) is 8.32. The molecule has 1 aliphatic heterocycles. The second kappa shape index (κ2) is 48.3. The highest BCUT2D eigenvalue weighted by Gasteiger charge is 2.27. The van der Waals surface area contributed by atoms with Gasteiger partial charge in [0.05, 0.1) is 12.2 Å². The van der Waals surface area contributed by atoms with Crippen LogP contribution in [0.5, 0.6) is 0 Å². The maximum absolute atomic E-state index is 5.82. The van der Waals surface area contributed by atoms with E-state index in [1.807, 2.05) is 69.1 Å². The molecule has 4 aromatic rings. The maximum Gasteiger partial charge on any atom is 0.0637 e. The lowest BCUT2D eigenvalue weighted by molar-refractivity contribution is -0.00890. The number of thioether (sulfide) groups is 1. The van der Waals surface area contributed by atoms with Crippen LogP contribution in [0.2, 0.25) is 0 Å². The first-order chi connectivity index (χ1) is 38.3. The van der Waals surface area contributed by atoms with E-state index in [0.29, 0.717) is 64.5 Å². The van der Waals surface area contributed by atoms with E-state index >= 15 is 0 Å². The third-order valence-electron chi connectivity index (χ3n) is 13.7. The van der Waals surface area contributed by atoms with Crippen molar-refractivity contribution < 1.29 is 4.74 Å². The first kappa shape index (κ1) is 76.9. The summed E-state index contributed by atoms with van der Waals surface area (Å²) in [5.74, 6) is 2.77. The molecule has 0 spiro atoms. The molecular formula is C61H121N17OS. The molecule has 1 aromatic heterocycles. The number of hydrogen-bond acceptors (Lipinski definition) is 18. The Kier molecular flexibility index (Phi) is 46.4. The average molecular weight is 1140 g/mol. The number of fused-ring (bicyclic) bond motifs is 2. The summed E-state index contributed by atoms with van der Waals surface area (Å²) in [5, 5.41) is 4.65. The molecule has 0 unspecified atom stereocenters. The van der Waals surface area contributed by atoms with Crippen molar-refractivity contribution in [3.8, 4) is 0 Å². The van der Waals surface area contributed by atoms with Gasteiger partial charge in [0.15, 0.2) is 0 Å². The van der Waals surface area contributed by atoms with Crippen molar-refractivity contribution in [2.75, 3.05) is 71.0 Å². The van der Waals surface area contributed by atoms with Gasteiger partial charge in [-0.2, -0.15) is 11.8 Å². The van der Waals surface area contributed by atoms with Crippen molar-refractivity contribution >= 4 is 22.7 Å². The molecule has 2 heterocycles. The molecular weight excluding hydrogens is 1020 g/mol. The van der Waals surface area contributed by atoms with E-state index in [1.54, 1.807) is 0 Å². The van der Waals surface area contributed by atoms with Gasteiger partial charge in [0.2, 0.25) is 0 Å². The molecule has 0 amide bonds. The minimum Gasteiger partial charge on any atom is -0.374 e. The van der Waals surface area contributed by atoms with Gasteiger partial charge in [0, 0.05) is 124 Å². The van der Waals surface area contributed by atoms with Crippen LogP contribution in [0.4, 0.5) is 0 Å². The second-order valence-corrected chi connectivity index (χ2v) is 23.5. The third-order valence-corrected chi connectivity index (χ3v) is 14.4. The van der Waals surface area contributed by atoms with Crippen molar-refractivity contribution in [1.82, 2.24) is 10.3 Å². The smallest absolute Gasteiger partial charge is 0.0637 e. The van der Waals surface area contributed by atoms with Gasteiger partial charge in [-0.05, 0) is 124 Å². The normalized spacial score (nSPS) is 17.3. The predicted octanol–water partition coefficient (Wildman–Crippen LogP) is 3.28. The summed E-state index contributed by atoms with van der Waals surface area (Å²) in [6.45, 7) is 14.4. The zero-order chi connectivity index (χ0) is 60.1. The lowest BCUT2D eigenvalue weighted by Crippen LogP contribution is -2.40. The van der Waals surface area contributed by atoms with E-state index in [-0.39, 0.29) is 41.9 Å². The Bertz CT molecular complexity index is 1980. The summed E-state index contributed by atoms with van der Waals surface area (Å²) in [6, 6.07) is 28.5. The van der Waals surface area contributed by atoms with Crippen LogP contribution >= 0.6 is 11.8 Å².